The topological polar surface area (TPSA) is 23.5 Å². The molecule has 0 aliphatic carbocycles. The van der Waals surface area contributed by atoms with Gasteiger partial charge in [-0.05, 0) is 31.2 Å². The van der Waals surface area contributed by atoms with Gasteiger partial charge in [-0.25, -0.2) is 4.39 Å². The number of anilines is 1. The molecule has 100 valence electrons. The van der Waals surface area contributed by atoms with Gasteiger partial charge in [0, 0.05) is 18.7 Å². The second-order valence-electron chi connectivity index (χ2n) is 6.00. The highest BCUT2D eigenvalue weighted by Gasteiger charge is 2.28. The van der Waals surface area contributed by atoms with Crippen LogP contribution in [0.1, 0.15) is 45.3 Å². The Labute approximate surface area is 108 Å². The molecule has 3 heteroatoms. The van der Waals surface area contributed by atoms with Crippen LogP contribution in [-0.4, -0.2) is 18.2 Å². The van der Waals surface area contributed by atoms with E-state index in [1.165, 1.54) is 6.07 Å². The van der Waals surface area contributed by atoms with E-state index in [0.717, 1.165) is 25.9 Å². The van der Waals surface area contributed by atoms with Crippen molar-refractivity contribution in [3.63, 3.8) is 0 Å². The summed E-state index contributed by atoms with van der Waals surface area (Å²) in [7, 11) is 0. The van der Waals surface area contributed by atoms with Crippen LogP contribution >= 0.6 is 0 Å². The van der Waals surface area contributed by atoms with Gasteiger partial charge in [-0.2, -0.15) is 0 Å². The first-order chi connectivity index (χ1) is 8.41. The largest absolute Gasteiger partial charge is 0.389 e. The summed E-state index contributed by atoms with van der Waals surface area (Å²) in [5, 5.41) is 9.77. The second-order valence-corrected chi connectivity index (χ2v) is 6.00. The fourth-order valence-electron chi connectivity index (χ4n) is 2.54. The van der Waals surface area contributed by atoms with Crippen LogP contribution < -0.4 is 4.90 Å². The first-order valence-corrected chi connectivity index (χ1v) is 6.62. The molecule has 2 nitrogen and oxygen atoms in total. The van der Waals surface area contributed by atoms with E-state index in [0.29, 0.717) is 16.7 Å². The molecule has 0 unspecified atom stereocenters. The quantitative estimate of drug-likeness (QED) is 0.869. The Hall–Kier alpha value is -1.09. The van der Waals surface area contributed by atoms with Crippen molar-refractivity contribution in [3.8, 4) is 0 Å². The van der Waals surface area contributed by atoms with Gasteiger partial charge >= 0.3 is 0 Å². The number of aliphatic hydroxyl groups is 1. The predicted octanol–water partition coefficient (Wildman–Crippen LogP) is 3.51. The highest BCUT2D eigenvalue weighted by molar-refractivity contribution is 5.56. The molecule has 0 spiro atoms. The number of piperidine rings is 1. The van der Waals surface area contributed by atoms with Crippen LogP contribution in [0.5, 0.6) is 0 Å². The lowest BCUT2D eigenvalue weighted by Crippen LogP contribution is -2.38. The van der Waals surface area contributed by atoms with E-state index in [1.54, 1.807) is 13.0 Å². The van der Waals surface area contributed by atoms with Gasteiger partial charge in [0.15, 0.2) is 0 Å². The fourth-order valence-corrected chi connectivity index (χ4v) is 2.54. The highest BCUT2D eigenvalue weighted by Crippen LogP contribution is 2.36. The summed E-state index contributed by atoms with van der Waals surface area (Å²) < 4.78 is 14.0. The number of aliphatic hydroxyl groups excluding tert-OH is 1. The highest BCUT2D eigenvalue weighted by atomic mass is 19.1. The monoisotopic (exact) mass is 251 g/mol. The third kappa shape index (κ3) is 2.66. The molecule has 0 radical (unpaired) electrons. The third-order valence-corrected chi connectivity index (χ3v) is 3.90. The zero-order valence-electron chi connectivity index (χ0n) is 11.4. The van der Waals surface area contributed by atoms with Gasteiger partial charge in [0.05, 0.1) is 11.8 Å². The van der Waals surface area contributed by atoms with Crippen molar-refractivity contribution in [1.29, 1.82) is 0 Å². The minimum Gasteiger partial charge on any atom is -0.389 e. The van der Waals surface area contributed by atoms with E-state index in [1.807, 2.05) is 6.07 Å². The minimum atomic E-state index is -0.634. The van der Waals surface area contributed by atoms with E-state index in [4.69, 9.17) is 0 Å². The summed E-state index contributed by atoms with van der Waals surface area (Å²) in [5.74, 6) is -0.229. The van der Waals surface area contributed by atoms with Crippen LogP contribution in [0.3, 0.4) is 0 Å². The van der Waals surface area contributed by atoms with Crippen LogP contribution in [0.2, 0.25) is 0 Å². The van der Waals surface area contributed by atoms with Crippen molar-refractivity contribution in [2.45, 2.75) is 39.7 Å². The molecular formula is C15H22FNO. The summed E-state index contributed by atoms with van der Waals surface area (Å²) in [4.78, 5) is 2.07. The van der Waals surface area contributed by atoms with E-state index >= 15 is 0 Å². The molecule has 1 aliphatic rings. The lowest BCUT2D eigenvalue weighted by molar-refractivity contribution is 0.198. The molecule has 1 N–H and O–H groups in total. The summed E-state index contributed by atoms with van der Waals surface area (Å²) in [5.41, 5.74) is 1.62. The second kappa shape index (κ2) is 4.88. The normalized spacial score (nSPS) is 20.8. The molecular weight excluding hydrogens is 229 g/mol. The standard InChI is InChI=1S/C15H22FNO/c1-11(18)12-5-4-6-13(16)14(12)17-9-7-15(2,3)8-10-17/h4-6,11,18H,7-10H2,1-3H3/t11-/m0/s1. The van der Waals surface area contributed by atoms with Gasteiger partial charge < -0.3 is 10.0 Å². The molecule has 1 fully saturated rings. The molecule has 1 aliphatic heterocycles. The van der Waals surface area contributed by atoms with Crippen molar-refractivity contribution in [2.24, 2.45) is 5.41 Å². The number of benzene rings is 1. The maximum atomic E-state index is 14.0. The molecule has 0 saturated carbocycles. The van der Waals surface area contributed by atoms with Gasteiger partial charge in [0.2, 0.25) is 0 Å². The van der Waals surface area contributed by atoms with E-state index in [-0.39, 0.29) is 5.82 Å². The Balaban J connectivity index is 2.28. The molecule has 1 aromatic rings. The molecule has 1 aromatic carbocycles. The zero-order valence-corrected chi connectivity index (χ0v) is 11.4. The zero-order chi connectivity index (χ0) is 13.3. The summed E-state index contributed by atoms with van der Waals surface area (Å²) in [6.45, 7) is 7.90. The van der Waals surface area contributed by atoms with Crippen molar-refractivity contribution < 1.29 is 9.50 Å². The number of hydrogen-bond donors (Lipinski definition) is 1. The number of nitrogens with zero attached hydrogens (tertiary/aromatic N) is 1. The van der Waals surface area contributed by atoms with Gasteiger partial charge in [0.1, 0.15) is 5.82 Å². The maximum Gasteiger partial charge on any atom is 0.146 e. The van der Waals surface area contributed by atoms with E-state index in [2.05, 4.69) is 18.7 Å². The Morgan fingerprint density at radius 1 is 1.28 bits per heavy atom. The Morgan fingerprint density at radius 2 is 1.89 bits per heavy atom. The van der Waals surface area contributed by atoms with Crippen LogP contribution in [0.15, 0.2) is 18.2 Å². The average molecular weight is 251 g/mol. The molecule has 1 saturated heterocycles. The van der Waals surface area contributed by atoms with Crippen molar-refractivity contribution >= 4 is 5.69 Å². The molecule has 18 heavy (non-hydrogen) atoms. The number of rotatable bonds is 2. The van der Waals surface area contributed by atoms with Gasteiger partial charge in [-0.1, -0.05) is 26.0 Å². The van der Waals surface area contributed by atoms with Crippen LogP contribution in [0.4, 0.5) is 10.1 Å². The Kier molecular flexibility index (Phi) is 3.62. The minimum absolute atomic E-state index is 0.229. The van der Waals surface area contributed by atoms with E-state index in [9.17, 15) is 9.50 Å². The molecule has 1 atom stereocenters. The van der Waals surface area contributed by atoms with Crippen molar-refractivity contribution in [2.75, 3.05) is 18.0 Å². The molecule has 2 rings (SSSR count). The number of para-hydroxylation sites is 1. The van der Waals surface area contributed by atoms with Crippen molar-refractivity contribution in [3.05, 3.63) is 29.6 Å². The van der Waals surface area contributed by atoms with E-state index < -0.39 is 6.10 Å². The smallest absolute Gasteiger partial charge is 0.146 e. The lowest BCUT2D eigenvalue weighted by Gasteiger charge is -2.39. The van der Waals surface area contributed by atoms with Gasteiger partial charge in [-0.3, -0.25) is 0 Å². The molecule has 0 amide bonds. The Morgan fingerprint density at radius 3 is 2.44 bits per heavy atom. The van der Waals surface area contributed by atoms with Crippen molar-refractivity contribution in [1.82, 2.24) is 0 Å². The molecule has 0 bridgehead atoms. The predicted molar refractivity (Wildman–Crippen MR) is 72.3 cm³/mol. The maximum absolute atomic E-state index is 14.0. The number of hydrogen-bond acceptors (Lipinski definition) is 2. The fraction of sp³-hybridized carbons (Fsp3) is 0.600. The van der Waals surface area contributed by atoms with Gasteiger partial charge in [-0.15, -0.1) is 0 Å². The average Bonchev–Trinajstić information content (AvgIpc) is 2.29. The Bertz CT molecular complexity index is 419. The SMILES string of the molecule is C[C@H](O)c1cccc(F)c1N1CCC(C)(C)CC1. The first kappa shape index (κ1) is 13.3. The first-order valence-electron chi connectivity index (χ1n) is 6.62. The number of halogens is 1. The summed E-state index contributed by atoms with van der Waals surface area (Å²) >= 11 is 0. The molecule has 0 aromatic heterocycles. The lowest BCUT2D eigenvalue weighted by atomic mass is 9.82. The summed E-state index contributed by atoms with van der Waals surface area (Å²) in [6.07, 6.45) is 1.48. The summed E-state index contributed by atoms with van der Waals surface area (Å²) in [6, 6.07) is 4.94. The van der Waals surface area contributed by atoms with Crippen LogP contribution in [0, 0.1) is 11.2 Å². The third-order valence-electron chi connectivity index (χ3n) is 3.90. The van der Waals surface area contributed by atoms with Crippen LogP contribution in [-0.2, 0) is 0 Å². The van der Waals surface area contributed by atoms with Crippen LogP contribution in [0.25, 0.3) is 0 Å². The molecule has 1 heterocycles. The van der Waals surface area contributed by atoms with Gasteiger partial charge in [0.25, 0.3) is 0 Å².